The van der Waals surface area contributed by atoms with Gasteiger partial charge in [-0.3, -0.25) is 5.32 Å². The van der Waals surface area contributed by atoms with E-state index >= 15 is 0 Å². The number of hydrogen-bond donors (Lipinski definition) is 1. The zero-order chi connectivity index (χ0) is 20.2. The van der Waals surface area contributed by atoms with Gasteiger partial charge in [-0.15, -0.1) is 6.58 Å². The van der Waals surface area contributed by atoms with Crippen LogP contribution in [-0.2, 0) is 9.53 Å². The molecule has 3 atom stereocenters. The van der Waals surface area contributed by atoms with Gasteiger partial charge in [-0.1, -0.05) is 85.8 Å². The maximum atomic E-state index is 12.5. The van der Waals surface area contributed by atoms with Gasteiger partial charge in [-0.2, -0.15) is 0 Å². The number of ether oxygens (including phenoxy) is 1. The third kappa shape index (κ3) is 6.21. The quantitative estimate of drug-likeness (QED) is 0.411. The molecule has 0 aromatic heterocycles. The first-order valence-electron chi connectivity index (χ1n) is 9.92. The van der Waals surface area contributed by atoms with E-state index < -0.39 is 6.04 Å². The summed E-state index contributed by atoms with van der Waals surface area (Å²) in [5.74, 6) is -0.191. The summed E-state index contributed by atoms with van der Waals surface area (Å²) >= 11 is 0. The Morgan fingerprint density at radius 3 is 2.18 bits per heavy atom. The van der Waals surface area contributed by atoms with E-state index in [1.807, 2.05) is 54.6 Å². The van der Waals surface area contributed by atoms with Crippen LogP contribution in [-0.4, -0.2) is 19.1 Å². The smallest absolute Gasteiger partial charge is 0.327 e. The number of hydrogen-bond acceptors (Lipinski definition) is 3. The standard InChI is InChI=1S/C25H31NO2/c1-4-6-7-14-19-23(22(5-2)20-15-10-8-11-16-20)26-24(25(27)28-3)21-17-12-9-13-18-21/h5-13,15-18,22-24,26H,2,4,14,19H2,1,3H3/b7-6-/t22-,23+,24-/m0/s1. The predicted octanol–water partition coefficient (Wildman–Crippen LogP) is 5.58. The second kappa shape index (κ2) is 11.9. The fourth-order valence-electron chi connectivity index (χ4n) is 3.41. The number of benzene rings is 2. The lowest BCUT2D eigenvalue weighted by Gasteiger charge is -2.30. The molecule has 28 heavy (non-hydrogen) atoms. The Bertz CT molecular complexity index is 740. The van der Waals surface area contributed by atoms with E-state index in [4.69, 9.17) is 4.74 Å². The molecule has 1 N–H and O–H groups in total. The second-order valence-corrected chi connectivity index (χ2v) is 6.77. The maximum absolute atomic E-state index is 12.5. The van der Waals surface area contributed by atoms with Crippen LogP contribution in [0, 0.1) is 0 Å². The lowest BCUT2D eigenvalue weighted by Crippen LogP contribution is -2.40. The molecule has 2 aromatic carbocycles. The highest BCUT2D eigenvalue weighted by molar-refractivity contribution is 5.77. The van der Waals surface area contributed by atoms with Crippen molar-refractivity contribution >= 4 is 5.97 Å². The van der Waals surface area contributed by atoms with Crippen LogP contribution >= 0.6 is 0 Å². The van der Waals surface area contributed by atoms with Crippen LogP contribution < -0.4 is 5.32 Å². The fraction of sp³-hybridized carbons (Fsp3) is 0.320. The van der Waals surface area contributed by atoms with Crippen molar-refractivity contribution < 1.29 is 9.53 Å². The van der Waals surface area contributed by atoms with Gasteiger partial charge in [0, 0.05) is 12.0 Å². The van der Waals surface area contributed by atoms with Crippen molar-refractivity contribution in [1.82, 2.24) is 5.32 Å². The first kappa shape index (κ1) is 21.6. The van der Waals surface area contributed by atoms with Gasteiger partial charge in [-0.05, 0) is 30.4 Å². The summed E-state index contributed by atoms with van der Waals surface area (Å²) in [5, 5.41) is 3.57. The van der Waals surface area contributed by atoms with Crippen LogP contribution in [0.15, 0.2) is 85.5 Å². The number of allylic oxidation sites excluding steroid dienone is 2. The van der Waals surface area contributed by atoms with Crippen molar-refractivity contribution in [2.75, 3.05) is 7.11 Å². The molecule has 0 amide bonds. The summed E-state index contributed by atoms with van der Waals surface area (Å²) in [7, 11) is 1.43. The molecule has 148 valence electrons. The van der Waals surface area contributed by atoms with E-state index in [-0.39, 0.29) is 17.9 Å². The van der Waals surface area contributed by atoms with Crippen molar-refractivity contribution in [3.8, 4) is 0 Å². The molecule has 2 rings (SSSR count). The van der Waals surface area contributed by atoms with E-state index in [0.29, 0.717) is 0 Å². The Morgan fingerprint density at radius 2 is 1.64 bits per heavy atom. The Balaban J connectivity index is 2.31. The van der Waals surface area contributed by atoms with E-state index in [2.05, 4.69) is 43.1 Å². The molecule has 0 aliphatic carbocycles. The van der Waals surface area contributed by atoms with Crippen LogP contribution in [0.3, 0.4) is 0 Å². The molecule has 0 radical (unpaired) electrons. The van der Waals surface area contributed by atoms with Crippen molar-refractivity contribution in [2.45, 2.75) is 44.2 Å². The summed E-state index contributed by atoms with van der Waals surface area (Å²) in [6, 6.07) is 19.6. The van der Waals surface area contributed by atoms with Crippen molar-refractivity contribution in [3.05, 3.63) is 96.6 Å². The monoisotopic (exact) mass is 377 g/mol. The first-order valence-corrected chi connectivity index (χ1v) is 9.92. The van der Waals surface area contributed by atoms with Gasteiger partial charge in [0.15, 0.2) is 0 Å². The van der Waals surface area contributed by atoms with Crippen molar-refractivity contribution in [2.24, 2.45) is 0 Å². The second-order valence-electron chi connectivity index (χ2n) is 6.77. The maximum Gasteiger partial charge on any atom is 0.327 e. The molecule has 0 saturated carbocycles. The van der Waals surface area contributed by atoms with Crippen molar-refractivity contribution in [1.29, 1.82) is 0 Å². The molecular formula is C25H31NO2. The summed E-state index contributed by atoms with van der Waals surface area (Å²) in [6.45, 7) is 6.20. The lowest BCUT2D eigenvalue weighted by atomic mass is 9.87. The van der Waals surface area contributed by atoms with Gasteiger partial charge >= 0.3 is 5.97 Å². The molecule has 0 spiro atoms. The third-order valence-electron chi connectivity index (χ3n) is 4.87. The largest absolute Gasteiger partial charge is 0.468 e. The number of carbonyl (C=O) groups is 1. The molecule has 0 aliphatic rings. The van der Waals surface area contributed by atoms with Gasteiger partial charge in [0.1, 0.15) is 6.04 Å². The van der Waals surface area contributed by atoms with Crippen LogP contribution in [0.2, 0.25) is 0 Å². The van der Waals surface area contributed by atoms with Crippen LogP contribution in [0.25, 0.3) is 0 Å². The Kier molecular flexibility index (Phi) is 9.23. The lowest BCUT2D eigenvalue weighted by molar-refractivity contribution is -0.143. The average Bonchev–Trinajstić information content (AvgIpc) is 2.75. The zero-order valence-corrected chi connectivity index (χ0v) is 16.9. The number of rotatable bonds is 11. The summed E-state index contributed by atoms with van der Waals surface area (Å²) < 4.78 is 5.09. The highest BCUT2D eigenvalue weighted by Gasteiger charge is 2.28. The third-order valence-corrected chi connectivity index (χ3v) is 4.87. The minimum atomic E-state index is -0.516. The van der Waals surface area contributed by atoms with Crippen LogP contribution in [0.4, 0.5) is 0 Å². The summed E-state index contributed by atoms with van der Waals surface area (Å²) in [6.07, 6.45) is 9.20. The predicted molar refractivity (Wildman–Crippen MR) is 116 cm³/mol. The topological polar surface area (TPSA) is 38.3 Å². The van der Waals surface area contributed by atoms with Crippen molar-refractivity contribution in [3.63, 3.8) is 0 Å². The number of nitrogens with one attached hydrogen (secondary N) is 1. The molecule has 0 saturated heterocycles. The summed E-state index contributed by atoms with van der Waals surface area (Å²) in [4.78, 5) is 12.5. The van der Waals surface area contributed by atoms with Gasteiger partial charge in [0.25, 0.3) is 0 Å². The van der Waals surface area contributed by atoms with E-state index in [0.717, 1.165) is 24.8 Å². The first-order chi connectivity index (χ1) is 13.7. The molecule has 0 bridgehead atoms. The molecule has 0 fully saturated rings. The molecule has 3 heteroatoms. The van der Waals surface area contributed by atoms with E-state index in [9.17, 15) is 4.79 Å². The van der Waals surface area contributed by atoms with Gasteiger partial charge in [-0.25, -0.2) is 4.79 Å². The Hall–Kier alpha value is -2.65. The number of esters is 1. The highest BCUT2D eigenvalue weighted by atomic mass is 16.5. The normalized spacial score (nSPS) is 14.4. The molecular weight excluding hydrogens is 346 g/mol. The fourth-order valence-corrected chi connectivity index (χ4v) is 3.41. The number of carbonyl (C=O) groups excluding carboxylic acids is 1. The highest BCUT2D eigenvalue weighted by Crippen LogP contribution is 2.27. The van der Waals surface area contributed by atoms with E-state index in [1.54, 1.807) is 0 Å². The van der Waals surface area contributed by atoms with Gasteiger partial charge in [0.05, 0.1) is 7.11 Å². The Morgan fingerprint density at radius 1 is 1.04 bits per heavy atom. The van der Waals surface area contributed by atoms with Gasteiger partial charge < -0.3 is 4.74 Å². The minimum Gasteiger partial charge on any atom is -0.468 e. The zero-order valence-electron chi connectivity index (χ0n) is 16.9. The summed E-state index contributed by atoms with van der Waals surface area (Å²) in [5.41, 5.74) is 2.09. The minimum absolute atomic E-state index is 0.0470. The Labute approximate surface area is 169 Å². The van der Waals surface area contributed by atoms with Crippen LogP contribution in [0.5, 0.6) is 0 Å². The molecule has 0 unspecified atom stereocenters. The SMILES string of the molecule is C=C[C@@H](c1ccccc1)[C@@H](CC/C=C\CC)N[C@H](C(=O)OC)c1ccccc1. The molecule has 0 heterocycles. The number of methoxy groups -OCH3 is 1. The van der Waals surface area contributed by atoms with Crippen LogP contribution in [0.1, 0.15) is 49.3 Å². The molecule has 3 nitrogen and oxygen atoms in total. The average molecular weight is 378 g/mol. The molecule has 0 aliphatic heterocycles. The molecule has 2 aromatic rings. The van der Waals surface area contributed by atoms with Gasteiger partial charge in [0.2, 0.25) is 0 Å². The van der Waals surface area contributed by atoms with E-state index in [1.165, 1.54) is 12.7 Å².